The number of rotatable bonds is 6. The van der Waals surface area contributed by atoms with Crippen LogP contribution in [0.2, 0.25) is 0 Å². The van der Waals surface area contributed by atoms with E-state index in [0.717, 1.165) is 25.7 Å². The molecule has 0 heterocycles. The monoisotopic (exact) mass is 225 g/mol. The zero-order chi connectivity index (χ0) is 11.7. The highest BCUT2D eigenvalue weighted by atomic mass is 16.4. The molecule has 16 heavy (non-hydrogen) atoms. The highest BCUT2D eigenvalue weighted by molar-refractivity contribution is 5.80. The van der Waals surface area contributed by atoms with E-state index in [4.69, 9.17) is 5.11 Å². The lowest BCUT2D eigenvalue weighted by atomic mass is 10.0. The fraction of sp³-hybridized carbons (Fsp3) is 0.833. The van der Waals surface area contributed by atoms with E-state index in [2.05, 4.69) is 0 Å². The van der Waals surface area contributed by atoms with Crippen molar-refractivity contribution in [2.75, 3.05) is 6.54 Å². The molecule has 2 aliphatic carbocycles. The van der Waals surface area contributed by atoms with Gasteiger partial charge in [-0.2, -0.15) is 0 Å². The van der Waals surface area contributed by atoms with Gasteiger partial charge in [-0.25, -0.2) is 0 Å². The molecular weight excluding hydrogens is 206 g/mol. The summed E-state index contributed by atoms with van der Waals surface area (Å²) in [5, 5.41) is 8.67. The first-order valence-corrected chi connectivity index (χ1v) is 6.12. The first kappa shape index (κ1) is 11.4. The molecule has 0 spiro atoms. The highest BCUT2D eigenvalue weighted by Gasteiger charge is 2.39. The maximum atomic E-state index is 12.2. The van der Waals surface area contributed by atoms with E-state index in [1.165, 1.54) is 0 Å². The van der Waals surface area contributed by atoms with E-state index in [0.29, 0.717) is 18.5 Å². The third-order valence-electron chi connectivity index (χ3n) is 3.56. The van der Waals surface area contributed by atoms with Gasteiger partial charge in [0.15, 0.2) is 0 Å². The van der Waals surface area contributed by atoms with Crippen LogP contribution in [0, 0.1) is 11.8 Å². The van der Waals surface area contributed by atoms with Gasteiger partial charge in [-0.05, 0) is 31.6 Å². The maximum absolute atomic E-state index is 12.2. The lowest BCUT2D eigenvalue weighted by Gasteiger charge is -2.25. The molecule has 0 bridgehead atoms. The molecule has 4 nitrogen and oxygen atoms in total. The second kappa shape index (κ2) is 4.44. The predicted octanol–water partition coefficient (Wildman–Crippen LogP) is 1.50. The van der Waals surface area contributed by atoms with Crippen LogP contribution in [0.15, 0.2) is 0 Å². The van der Waals surface area contributed by atoms with Crippen LogP contribution in [-0.4, -0.2) is 34.5 Å². The third-order valence-corrected chi connectivity index (χ3v) is 3.56. The number of carbonyl (C=O) groups excluding carboxylic acids is 1. The van der Waals surface area contributed by atoms with Gasteiger partial charge in [0.1, 0.15) is 0 Å². The highest BCUT2D eigenvalue weighted by Crippen LogP contribution is 2.39. The molecule has 1 unspecified atom stereocenters. The average molecular weight is 225 g/mol. The molecule has 2 rings (SSSR count). The van der Waals surface area contributed by atoms with Gasteiger partial charge in [0, 0.05) is 18.5 Å². The molecule has 2 saturated carbocycles. The predicted molar refractivity (Wildman–Crippen MR) is 58.9 cm³/mol. The van der Waals surface area contributed by atoms with Crippen molar-refractivity contribution in [1.29, 1.82) is 0 Å². The third kappa shape index (κ3) is 2.74. The molecule has 0 aromatic carbocycles. The van der Waals surface area contributed by atoms with Crippen LogP contribution in [0.1, 0.15) is 39.0 Å². The minimum Gasteiger partial charge on any atom is -0.481 e. The van der Waals surface area contributed by atoms with Gasteiger partial charge in [0.25, 0.3) is 0 Å². The van der Waals surface area contributed by atoms with E-state index in [1.54, 1.807) is 4.90 Å². The molecule has 1 atom stereocenters. The number of carboxylic acids is 1. The van der Waals surface area contributed by atoms with E-state index < -0.39 is 5.97 Å². The van der Waals surface area contributed by atoms with Crippen LogP contribution in [0.5, 0.6) is 0 Å². The molecule has 0 aliphatic heterocycles. The van der Waals surface area contributed by atoms with Gasteiger partial charge in [0.2, 0.25) is 5.91 Å². The summed E-state index contributed by atoms with van der Waals surface area (Å²) < 4.78 is 0. The van der Waals surface area contributed by atoms with Gasteiger partial charge >= 0.3 is 5.97 Å². The quantitative estimate of drug-likeness (QED) is 0.745. The summed E-state index contributed by atoms with van der Waals surface area (Å²) >= 11 is 0. The minimum absolute atomic E-state index is 0.0691. The largest absolute Gasteiger partial charge is 0.481 e. The first-order valence-electron chi connectivity index (χ1n) is 6.12. The van der Waals surface area contributed by atoms with E-state index in [9.17, 15) is 9.59 Å². The van der Waals surface area contributed by atoms with E-state index in [1.807, 2.05) is 6.92 Å². The maximum Gasteiger partial charge on any atom is 0.305 e. The SMILES string of the molecule is CC(C(=O)N(CCC(=O)O)C1CC1)C1CC1. The van der Waals surface area contributed by atoms with Gasteiger partial charge in [-0.1, -0.05) is 6.92 Å². The molecule has 0 radical (unpaired) electrons. The topological polar surface area (TPSA) is 57.6 Å². The molecule has 1 amide bonds. The Bertz CT molecular complexity index is 295. The Hall–Kier alpha value is -1.06. The van der Waals surface area contributed by atoms with Crippen molar-refractivity contribution in [2.45, 2.75) is 45.1 Å². The van der Waals surface area contributed by atoms with Crippen molar-refractivity contribution in [3.63, 3.8) is 0 Å². The molecule has 90 valence electrons. The summed E-state index contributed by atoms with van der Waals surface area (Å²) in [5.74, 6) is -0.00301. The molecule has 2 fully saturated rings. The summed E-state index contributed by atoms with van der Waals surface area (Å²) in [5.41, 5.74) is 0. The fourth-order valence-corrected chi connectivity index (χ4v) is 2.13. The van der Waals surface area contributed by atoms with Crippen molar-refractivity contribution in [3.05, 3.63) is 0 Å². The minimum atomic E-state index is -0.822. The number of carbonyl (C=O) groups is 2. The van der Waals surface area contributed by atoms with Crippen LogP contribution in [0.4, 0.5) is 0 Å². The number of nitrogens with zero attached hydrogens (tertiary/aromatic N) is 1. The number of hydrogen-bond donors (Lipinski definition) is 1. The lowest BCUT2D eigenvalue weighted by Crippen LogP contribution is -2.39. The van der Waals surface area contributed by atoms with Crippen LogP contribution >= 0.6 is 0 Å². The lowest BCUT2D eigenvalue weighted by molar-refractivity contribution is -0.140. The zero-order valence-corrected chi connectivity index (χ0v) is 9.69. The molecule has 0 aromatic heterocycles. The normalized spacial score (nSPS) is 21.6. The number of amides is 1. The molecule has 2 aliphatic rings. The standard InChI is InChI=1S/C12H19NO3/c1-8(9-2-3-9)12(16)13(10-4-5-10)7-6-11(14)15/h8-10H,2-7H2,1H3,(H,14,15). The van der Waals surface area contributed by atoms with Gasteiger partial charge in [-0.3, -0.25) is 9.59 Å². The Morgan fingerprint density at radius 3 is 2.38 bits per heavy atom. The fourth-order valence-electron chi connectivity index (χ4n) is 2.13. The van der Waals surface area contributed by atoms with Crippen molar-refractivity contribution in [2.24, 2.45) is 11.8 Å². The molecule has 1 N–H and O–H groups in total. The zero-order valence-electron chi connectivity index (χ0n) is 9.69. The van der Waals surface area contributed by atoms with Gasteiger partial charge in [0.05, 0.1) is 6.42 Å². The first-order chi connectivity index (χ1) is 7.59. The summed E-state index contributed by atoms with van der Waals surface area (Å²) in [6, 6.07) is 0.327. The summed E-state index contributed by atoms with van der Waals surface area (Å²) in [4.78, 5) is 24.5. The smallest absolute Gasteiger partial charge is 0.305 e. The van der Waals surface area contributed by atoms with Crippen molar-refractivity contribution in [1.82, 2.24) is 4.90 Å². The Labute approximate surface area is 95.6 Å². The van der Waals surface area contributed by atoms with Crippen LogP contribution in [0.3, 0.4) is 0 Å². The number of aliphatic carboxylic acids is 1. The van der Waals surface area contributed by atoms with Crippen molar-refractivity contribution in [3.8, 4) is 0 Å². The molecule has 0 saturated heterocycles. The second-order valence-corrected chi connectivity index (χ2v) is 5.03. The van der Waals surface area contributed by atoms with Crippen LogP contribution < -0.4 is 0 Å². The Morgan fingerprint density at radius 1 is 1.31 bits per heavy atom. The second-order valence-electron chi connectivity index (χ2n) is 5.03. The van der Waals surface area contributed by atoms with Gasteiger partial charge in [-0.15, -0.1) is 0 Å². The summed E-state index contributed by atoms with van der Waals surface area (Å²) in [6.07, 6.45) is 4.47. The van der Waals surface area contributed by atoms with E-state index >= 15 is 0 Å². The van der Waals surface area contributed by atoms with Gasteiger partial charge < -0.3 is 10.0 Å². The average Bonchev–Trinajstić information content (AvgIpc) is 3.07. The summed E-state index contributed by atoms with van der Waals surface area (Å²) in [6.45, 7) is 2.37. The van der Waals surface area contributed by atoms with Crippen LogP contribution in [0.25, 0.3) is 0 Å². The van der Waals surface area contributed by atoms with Crippen LogP contribution in [-0.2, 0) is 9.59 Å². The number of carboxylic acid groups (broad SMARTS) is 1. The summed E-state index contributed by atoms with van der Waals surface area (Å²) in [7, 11) is 0. The van der Waals surface area contributed by atoms with Crippen molar-refractivity contribution >= 4 is 11.9 Å². The van der Waals surface area contributed by atoms with E-state index in [-0.39, 0.29) is 18.2 Å². The number of hydrogen-bond acceptors (Lipinski definition) is 2. The molecule has 0 aromatic rings. The Kier molecular flexibility index (Phi) is 3.17. The Balaban J connectivity index is 1.89. The molecular formula is C12H19NO3. The molecule has 4 heteroatoms. The Morgan fingerprint density at radius 2 is 1.94 bits per heavy atom. The van der Waals surface area contributed by atoms with Crippen molar-refractivity contribution < 1.29 is 14.7 Å².